The second kappa shape index (κ2) is 10.5. The number of aryl methyl sites for hydroxylation is 1. The summed E-state index contributed by atoms with van der Waals surface area (Å²) in [6, 6.07) is 19.7. The average Bonchev–Trinajstić information content (AvgIpc) is 2.84. The lowest BCUT2D eigenvalue weighted by molar-refractivity contribution is -0.120. The highest BCUT2D eigenvalue weighted by Crippen LogP contribution is 2.35. The Morgan fingerprint density at radius 1 is 1.12 bits per heavy atom. The van der Waals surface area contributed by atoms with Gasteiger partial charge < -0.3 is 10.2 Å². The van der Waals surface area contributed by atoms with Crippen LogP contribution in [0.2, 0.25) is 10.0 Å². The molecule has 174 valence electrons. The van der Waals surface area contributed by atoms with E-state index in [1.807, 2.05) is 36.1 Å². The Labute approximate surface area is 208 Å². The van der Waals surface area contributed by atoms with Crippen molar-refractivity contribution in [2.24, 2.45) is 5.92 Å². The van der Waals surface area contributed by atoms with Crippen molar-refractivity contribution in [1.29, 1.82) is 5.26 Å². The van der Waals surface area contributed by atoms with E-state index in [0.717, 1.165) is 11.1 Å². The number of rotatable bonds is 5. The van der Waals surface area contributed by atoms with E-state index in [0.29, 0.717) is 52.9 Å². The zero-order valence-corrected chi connectivity index (χ0v) is 20.2. The molecule has 0 saturated carbocycles. The summed E-state index contributed by atoms with van der Waals surface area (Å²) < 4.78 is 14.1. The second-order valence-electron chi connectivity index (χ2n) is 8.50. The minimum absolute atomic E-state index is 0.0744. The number of para-hydroxylation sites is 1. The molecule has 0 aliphatic carbocycles. The molecule has 1 aliphatic heterocycles. The molecular weight excluding hydrogens is 472 g/mol. The molecule has 3 aromatic carbocycles. The van der Waals surface area contributed by atoms with Crippen molar-refractivity contribution in [3.05, 3.63) is 93.2 Å². The highest BCUT2D eigenvalue weighted by Gasteiger charge is 2.27. The number of amides is 1. The fourth-order valence-corrected chi connectivity index (χ4v) is 4.76. The maximum absolute atomic E-state index is 14.1. The van der Waals surface area contributed by atoms with Crippen LogP contribution >= 0.6 is 23.2 Å². The van der Waals surface area contributed by atoms with Crippen molar-refractivity contribution in [2.75, 3.05) is 23.3 Å². The molecule has 0 bridgehead atoms. The van der Waals surface area contributed by atoms with Crippen LogP contribution in [-0.4, -0.2) is 19.0 Å². The molecule has 1 amide bonds. The smallest absolute Gasteiger partial charge is 0.227 e. The molecule has 1 saturated heterocycles. The molecule has 1 aliphatic rings. The van der Waals surface area contributed by atoms with Crippen molar-refractivity contribution in [2.45, 2.75) is 25.7 Å². The van der Waals surface area contributed by atoms with Gasteiger partial charge in [-0.3, -0.25) is 4.79 Å². The van der Waals surface area contributed by atoms with Crippen LogP contribution in [0.4, 0.5) is 15.8 Å². The van der Waals surface area contributed by atoms with Gasteiger partial charge in [0.2, 0.25) is 5.91 Å². The average molecular weight is 496 g/mol. The normalized spacial score (nSPS) is 15.0. The van der Waals surface area contributed by atoms with Gasteiger partial charge in [0, 0.05) is 34.7 Å². The highest BCUT2D eigenvalue weighted by molar-refractivity contribution is 6.32. The van der Waals surface area contributed by atoms with E-state index < -0.39 is 5.92 Å². The first-order valence-corrected chi connectivity index (χ1v) is 11.9. The Bertz CT molecular complexity index is 1230. The summed E-state index contributed by atoms with van der Waals surface area (Å²) in [4.78, 5) is 14.9. The number of piperidine rings is 1. The Morgan fingerprint density at radius 2 is 1.79 bits per heavy atom. The van der Waals surface area contributed by atoms with Gasteiger partial charge in [-0.05, 0) is 66.8 Å². The molecule has 1 N–H and O–H groups in total. The lowest BCUT2D eigenvalue weighted by atomic mass is 9.91. The number of carbonyl (C=O) groups is 1. The van der Waals surface area contributed by atoms with E-state index >= 15 is 0 Å². The first-order valence-electron chi connectivity index (χ1n) is 11.1. The fourth-order valence-electron chi connectivity index (χ4n) is 4.36. The van der Waals surface area contributed by atoms with Crippen LogP contribution in [0, 0.1) is 30.0 Å². The Balaban J connectivity index is 1.45. The minimum atomic E-state index is -0.545. The van der Waals surface area contributed by atoms with Gasteiger partial charge in [-0.2, -0.15) is 5.26 Å². The highest BCUT2D eigenvalue weighted by atomic mass is 35.5. The summed E-state index contributed by atoms with van der Waals surface area (Å²) in [5.41, 5.74) is 3.51. The molecule has 1 heterocycles. The van der Waals surface area contributed by atoms with Gasteiger partial charge in [-0.25, -0.2) is 4.39 Å². The van der Waals surface area contributed by atoms with E-state index in [4.69, 9.17) is 23.2 Å². The van der Waals surface area contributed by atoms with Gasteiger partial charge in [-0.15, -0.1) is 0 Å². The third kappa shape index (κ3) is 5.19. The van der Waals surface area contributed by atoms with E-state index in [1.54, 1.807) is 30.3 Å². The van der Waals surface area contributed by atoms with Gasteiger partial charge in [0.1, 0.15) is 5.82 Å². The Morgan fingerprint density at radius 3 is 2.44 bits per heavy atom. The molecule has 1 atom stereocenters. The number of hydrogen-bond donors (Lipinski definition) is 1. The van der Waals surface area contributed by atoms with Crippen LogP contribution in [-0.2, 0) is 4.79 Å². The van der Waals surface area contributed by atoms with Crippen molar-refractivity contribution in [1.82, 2.24) is 0 Å². The third-order valence-electron chi connectivity index (χ3n) is 6.30. The van der Waals surface area contributed by atoms with Gasteiger partial charge in [0.15, 0.2) is 0 Å². The Kier molecular flexibility index (Phi) is 7.41. The van der Waals surface area contributed by atoms with Crippen molar-refractivity contribution >= 4 is 40.5 Å². The number of carbonyl (C=O) groups excluding carboxylic acids is 1. The second-order valence-corrected chi connectivity index (χ2v) is 9.35. The molecule has 3 aromatic rings. The molecule has 4 nitrogen and oxygen atoms in total. The number of nitriles is 1. The van der Waals surface area contributed by atoms with E-state index in [2.05, 4.69) is 11.4 Å². The quantitative estimate of drug-likeness (QED) is 0.416. The van der Waals surface area contributed by atoms with Gasteiger partial charge in [0.25, 0.3) is 0 Å². The zero-order chi connectivity index (χ0) is 24.2. The lowest BCUT2D eigenvalue weighted by Crippen LogP contribution is -2.38. The summed E-state index contributed by atoms with van der Waals surface area (Å²) in [6.45, 7) is 3.11. The number of benzene rings is 3. The third-order valence-corrected chi connectivity index (χ3v) is 6.88. The summed E-state index contributed by atoms with van der Waals surface area (Å²) >= 11 is 12.5. The molecule has 1 fully saturated rings. The van der Waals surface area contributed by atoms with Crippen molar-refractivity contribution < 1.29 is 9.18 Å². The molecular formula is C27H24Cl2FN3O. The number of anilines is 2. The monoisotopic (exact) mass is 495 g/mol. The maximum atomic E-state index is 14.1. The number of halogens is 3. The zero-order valence-electron chi connectivity index (χ0n) is 18.7. The molecule has 0 aromatic heterocycles. The predicted molar refractivity (Wildman–Crippen MR) is 135 cm³/mol. The SMILES string of the molecule is Cc1cc(C(C#N)c2ccc(Cl)cc2)c(Cl)cc1NC(=O)C1CCN(c2ccccc2F)CC1. The molecule has 7 heteroatoms. The molecule has 1 unspecified atom stereocenters. The van der Waals surface area contributed by atoms with Crippen LogP contribution in [0.5, 0.6) is 0 Å². The standard InChI is InChI=1S/C27H24Cl2FN3O/c1-17-14-21(22(16-31)18-6-8-20(28)9-7-18)23(29)15-25(17)32-27(34)19-10-12-33(13-11-19)26-5-3-2-4-24(26)30/h2-9,14-15,19,22H,10-13H2,1H3,(H,32,34). The summed E-state index contributed by atoms with van der Waals surface area (Å²) in [5.74, 6) is -1.03. The topological polar surface area (TPSA) is 56.1 Å². The summed E-state index contributed by atoms with van der Waals surface area (Å²) in [5, 5.41) is 13.8. The van der Waals surface area contributed by atoms with Gasteiger partial charge in [0.05, 0.1) is 17.7 Å². The number of nitrogens with zero attached hydrogens (tertiary/aromatic N) is 2. The molecule has 0 radical (unpaired) electrons. The van der Waals surface area contributed by atoms with E-state index in [9.17, 15) is 14.4 Å². The molecule has 0 spiro atoms. The largest absolute Gasteiger partial charge is 0.369 e. The van der Waals surface area contributed by atoms with Gasteiger partial charge in [-0.1, -0.05) is 53.5 Å². The fraction of sp³-hybridized carbons (Fsp3) is 0.259. The first kappa shape index (κ1) is 24.1. The number of nitrogens with one attached hydrogen (secondary N) is 1. The lowest BCUT2D eigenvalue weighted by Gasteiger charge is -2.33. The van der Waals surface area contributed by atoms with Gasteiger partial charge >= 0.3 is 0 Å². The summed E-state index contributed by atoms with van der Waals surface area (Å²) in [6.07, 6.45) is 1.27. The van der Waals surface area contributed by atoms with Crippen LogP contribution < -0.4 is 10.2 Å². The molecule has 34 heavy (non-hydrogen) atoms. The predicted octanol–water partition coefficient (Wildman–Crippen LogP) is 6.95. The van der Waals surface area contributed by atoms with Crippen LogP contribution in [0.15, 0.2) is 60.7 Å². The van der Waals surface area contributed by atoms with Crippen LogP contribution in [0.25, 0.3) is 0 Å². The minimum Gasteiger partial charge on any atom is -0.369 e. The summed E-state index contributed by atoms with van der Waals surface area (Å²) in [7, 11) is 0. The van der Waals surface area contributed by atoms with E-state index in [-0.39, 0.29) is 17.6 Å². The van der Waals surface area contributed by atoms with E-state index in [1.165, 1.54) is 6.07 Å². The van der Waals surface area contributed by atoms with Crippen molar-refractivity contribution in [3.63, 3.8) is 0 Å². The number of hydrogen-bond acceptors (Lipinski definition) is 3. The van der Waals surface area contributed by atoms with Crippen LogP contribution in [0.1, 0.15) is 35.4 Å². The first-order chi connectivity index (χ1) is 16.4. The van der Waals surface area contributed by atoms with Crippen molar-refractivity contribution in [3.8, 4) is 6.07 Å². The maximum Gasteiger partial charge on any atom is 0.227 e. The Hall–Kier alpha value is -3.07. The van der Waals surface area contributed by atoms with Crippen LogP contribution in [0.3, 0.4) is 0 Å². The molecule has 4 rings (SSSR count).